The van der Waals surface area contributed by atoms with Gasteiger partial charge in [-0.3, -0.25) is 14.5 Å². The fourth-order valence-electron chi connectivity index (χ4n) is 3.52. The van der Waals surface area contributed by atoms with Gasteiger partial charge in [-0.2, -0.15) is 0 Å². The number of anilines is 1. The summed E-state index contributed by atoms with van der Waals surface area (Å²) < 4.78 is 27.4. The van der Waals surface area contributed by atoms with Gasteiger partial charge in [0.15, 0.2) is 0 Å². The molecule has 0 aliphatic heterocycles. The van der Waals surface area contributed by atoms with Crippen molar-refractivity contribution < 1.29 is 18.4 Å². The minimum atomic E-state index is -0.543. The summed E-state index contributed by atoms with van der Waals surface area (Å²) in [7, 11) is 1.66. The lowest BCUT2D eigenvalue weighted by atomic mass is 9.95. The molecule has 2 amide bonds. The highest BCUT2D eigenvalue weighted by Crippen LogP contribution is 2.38. The zero-order chi connectivity index (χ0) is 20.4. The zero-order valence-electron chi connectivity index (χ0n) is 15.9. The highest BCUT2D eigenvalue weighted by atomic mass is 32.1. The molecular weight excluding hydrogens is 384 g/mol. The van der Waals surface area contributed by atoms with Gasteiger partial charge in [0.05, 0.1) is 12.1 Å². The molecule has 1 aromatic carbocycles. The molecule has 1 heterocycles. The lowest BCUT2D eigenvalue weighted by Gasteiger charge is -2.24. The van der Waals surface area contributed by atoms with Crippen molar-refractivity contribution in [3.63, 3.8) is 0 Å². The number of carbonyl (C=O) groups is 2. The van der Waals surface area contributed by atoms with E-state index in [2.05, 4.69) is 5.32 Å². The van der Waals surface area contributed by atoms with Crippen LogP contribution in [0.2, 0.25) is 0 Å². The summed E-state index contributed by atoms with van der Waals surface area (Å²) in [5.74, 6) is -1.94. The minimum Gasteiger partial charge on any atom is -0.365 e. The normalized spacial score (nSPS) is 14.6. The van der Waals surface area contributed by atoms with Gasteiger partial charge in [-0.05, 0) is 63.4 Å². The number of amides is 2. The Bertz CT molecular complexity index is 913. The predicted molar refractivity (Wildman–Crippen MR) is 106 cm³/mol. The zero-order valence-corrected chi connectivity index (χ0v) is 16.7. The number of hydrogen-bond donors (Lipinski definition) is 2. The number of likely N-dealkylation sites (N-methyl/N-ethyl adjacent to an activating group) is 1. The van der Waals surface area contributed by atoms with Gasteiger partial charge in [0.2, 0.25) is 5.91 Å². The average Bonchev–Trinajstić information content (AvgIpc) is 3.00. The Kier molecular flexibility index (Phi) is 6.10. The molecule has 0 saturated heterocycles. The summed E-state index contributed by atoms with van der Waals surface area (Å²) in [5, 5.41) is 3.26. The molecule has 0 radical (unpaired) electrons. The Balaban J connectivity index is 1.73. The third kappa shape index (κ3) is 4.23. The number of rotatable bonds is 6. The molecule has 3 rings (SSSR count). The number of hydrogen-bond acceptors (Lipinski definition) is 4. The first kappa shape index (κ1) is 20.4. The number of halogens is 2. The Morgan fingerprint density at radius 1 is 1.29 bits per heavy atom. The molecule has 1 aromatic heterocycles. The van der Waals surface area contributed by atoms with E-state index < -0.39 is 23.6 Å². The van der Waals surface area contributed by atoms with Crippen LogP contribution in [0, 0.1) is 11.6 Å². The second kappa shape index (κ2) is 8.36. The summed E-state index contributed by atoms with van der Waals surface area (Å²) >= 11 is 1.39. The lowest BCUT2D eigenvalue weighted by molar-refractivity contribution is -0.117. The molecule has 3 N–H and O–H groups in total. The van der Waals surface area contributed by atoms with Crippen molar-refractivity contribution in [3.8, 4) is 0 Å². The molecule has 0 saturated carbocycles. The maximum Gasteiger partial charge on any atom is 0.251 e. The molecule has 1 aliphatic rings. The Morgan fingerprint density at radius 3 is 2.71 bits per heavy atom. The third-order valence-corrected chi connectivity index (χ3v) is 6.34. The number of aryl methyl sites for hydroxylation is 1. The molecule has 2 aromatic rings. The quantitative estimate of drug-likeness (QED) is 0.768. The monoisotopic (exact) mass is 407 g/mol. The van der Waals surface area contributed by atoms with Gasteiger partial charge in [0.1, 0.15) is 16.6 Å². The van der Waals surface area contributed by atoms with E-state index in [4.69, 9.17) is 5.73 Å². The minimum absolute atomic E-state index is 0.0438. The second-order valence-corrected chi connectivity index (χ2v) is 8.19. The molecule has 5 nitrogen and oxygen atoms in total. The first-order valence-electron chi connectivity index (χ1n) is 9.17. The van der Waals surface area contributed by atoms with E-state index in [9.17, 15) is 18.4 Å². The molecule has 0 fully saturated rings. The van der Waals surface area contributed by atoms with Gasteiger partial charge in [-0.25, -0.2) is 8.78 Å². The number of nitrogens with zero attached hydrogens (tertiary/aromatic N) is 1. The largest absolute Gasteiger partial charge is 0.365 e. The van der Waals surface area contributed by atoms with Crippen molar-refractivity contribution in [2.24, 2.45) is 5.73 Å². The van der Waals surface area contributed by atoms with Crippen LogP contribution in [-0.2, 0) is 17.6 Å². The number of carbonyl (C=O) groups excluding carboxylic acids is 2. The number of primary amides is 1. The molecule has 0 bridgehead atoms. The van der Waals surface area contributed by atoms with Gasteiger partial charge in [0, 0.05) is 16.5 Å². The van der Waals surface area contributed by atoms with Gasteiger partial charge in [-0.15, -0.1) is 11.3 Å². The topological polar surface area (TPSA) is 75.4 Å². The van der Waals surface area contributed by atoms with Crippen molar-refractivity contribution in [1.82, 2.24) is 4.90 Å². The molecule has 8 heteroatoms. The fourth-order valence-corrected chi connectivity index (χ4v) is 4.83. The van der Waals surface area contributed by atoms with Crippen LogP contribution in [0.4, 0.5) is 13.8 Å². The van der Waals surface area contributed by atoms with Crippen LogP contribution < -0.4 is 11.1 Å². The summed E-state index contributed by atoms with van der Waals surface area (Å²) in [6.07, 6.45) is 3.72. The van der Waals surface area contributed by atoms with Crippen molar-refractivity contribution in [2.45, 2.75) is 38.6 Å². The van der Waals surface area contributed by atoms with E-state index in [-0.39, 0.29) is 18.0 Å². The Morgan fingerprint density at radius 2 is 2.00 bits per heavy atom. The maximum absolute atomic E-state index is 14.0. The van der Waals surface area contributed by atoms with Crippen LogP contribution in [0.15, 0.2) is 18.2 Å². The fraction of sp³-hybridized carbons (Fsp3) is 0.400. The summed E-state index contributed by atoms with van der Waals surface area (Å²) in [6.45, 7) is 1.65. The van der Waals surface area contributed by atoms with Crippen LogP contribution in [-0.4, -0.2) is 30.3 Å². The van der Waals surface area contributed by atoms with Crippen LogP contribution in [0.3, 0.4) is 0 Å². The molecule has 28 heavy (non-hydrogen) atoms. The molecule has 1 aliphatic carbocycles. The predicted octanol–water partition coefficient (Wildman–Crippen LogP) is 3.64. The lowest BCUT2D eigenvalue weighted by Crippen LogP contribution is -2.33. The van der Waals surface area contributed by atoms with E-state index in [0.717, 1.165) is 54.3 Å². The Hall–Kier alpha value is -2.32. The highest BCUT2D eigenvalue weighted by molar-refractivity contribution is 7.17. The number of thiophene rings is 1. The van der Waals surface area contributed by atoms with Gasteiger partial charge < -0.3 is 11.1 Å². The van der Waals surface area contributed by atoms with E-state index >= 15 is 0 Å². The van der Waals surface area contributed by atoms with Crippen LogP contribution in [0.25, 0.3) is 0 Å². The average molecular weight is 407 g/mol. The van der Waals surface area contributed by atoms with Gasteiger partial charge >= 0.3 is 0 Å². The van der Waals surface area contributed by atoms with Gasteiger partial charge in [0.25, 0.3) is 5.91 Å². The standard InChI is InChI=1S/C20H23F2N3O2S/c1-11(14-9-12(21)7-8-15(14)22)25(2)10-17(26)24-20-18(19(23)27)13-5-3-4-6-16(13)28-20/h7-9,11H,3-6,10H2,1-2H3,(H2,23,27)(H,24,26). The van der Waals surface area contributed by atoms with Crippen LogP contribution in [0.1, 0.15) is 52.2 Å². The van der Waals surface area contributed by atoms with Crippen LogP contribution in [0.5, 0.6) is 0 Å². The smallest absolute Gasteiger partial charge is 0.251 e. The van der Waals surface area contributed by atoms with Gasteiger partial charge in [-0.1, -0.05) is 0 Å². The van der Waals surface area contributed by atoms with Crippen molar-refractivity contribution in [1.29, 1.82) is 0 Å². The van der Waals surface area contributed by atoms with Crippen molar-refractivity contribution in [2.75, 3.05) is 18.9 Å². The van der Waals surface area contributed by atoms with E-state index in [1.165, 1.54) is 11.3 Å². The van der Waals surface area contributed by atoms with Crippen molar-refractivity contribution in [3.05, 3.63) is 51.4 Å². The van der Waals surface area contributed by atoms with Crippen LogP contribution >= 0.6 is 11.3 Å². The molecule has 1 unspecified atom stereocenters. The Labute approximate surface area is 166 Å². The molecule has 0 spiro atoms. The number of nitrogens with two attached hydrogens (primary N) is 1. The highest BCUT2D eigenvalue weighted by Gasteiger charge is 2.26. The summed E-state index contributed by atoms with van der Waals surface area (Å²) in [6, 6.07) is 2.76. The summed E-state index contributed by atoms with van der Waals surface area (Å²) in [5.41, 5.74) is 7.07. The number of fused-ring (bicyclic) bond motifs is 1. The first-order valence-corrected chi connectivity index (χ1v) is 9.99. The third-order valence-electron chi connectivity index (χ3n) is 5.13. The van der Waals surface area contributed by atoms with E-state index in [1.807, 2.05) is 0 Å². The maximum atomic E-state index is 14.0. The second-order valence-electron chi connectivity index (χ2n) is 7.08. The first-order chi connectivity index (χ1) is 13.3. The summed E-state index contributed by atoms with van der Waals surface area (Å²) in [4.78, 5) is 27.2. The molecule has 1 atom stereocenters. The molecule has 150 valence electrons. The van der Waals surface area contributed by atoms with E-state index in [0.29, 0.717) is 10.6 Å². The van der Waals surface area contributed by atoms with Crippen molar-refractivity contribution >= 4 is 28.2 Å². The number of benzene rings is 1. The number of nitrogens with one attached hydrogen (secondary N) is 1. The SMILES string of the molecule is CC(c1cc(F)ccc1F)N(C)CC(=O)Nc1sc2c(c1C(N)=O)CCCC2. The van der Waals surface area contributed by atoms with E-state index in [1.54, 1.807) is 18.9 Å². The molecular formula is C20H23F2N3O2S.